The monoisotopic (exact) mass is 353 g/mol. The van der Waals surface area contributed by atoms with Gasteiger partial charge in [-0.3, -0.25) is 4.99 Å². The smallest absolute Gasteiger partial charge is 0.198 e. The van der Waals surface area contributed by atoms with Crippen LogP contribution in [-0.4, -0.2) is 49.3 Å². The van der Waals surface area contributed by atoms with Gasteiger partial charge in [0.2, 0.25) is 0 Å². The Morgan fingerprint density at radius 1 is 1.08 bits per heavy atom. The van der Waals surface area contributed by atoms with Crippen LogP contribution >= 0.6 is 0 Å². The van der Waals surface area contributed by atoms with Crippen LogP contribution in [0.25, 0.3) is 11.1 Å². The molecule has 0 radical (unpaired) electrons. The molecule has 1 aliphatic heterocycles. The molecule has 0 amide bonds. The summed E-state index contributed by atoms with van der Waals surface area (Å²) in [6.07, 6.45) is 3.60. The fourth-order valence-electron chi connectivity index (χ4n) is 3.13. The molecule has 5 heteroatoms. The lowest BCUT2D eigenvalue weighted by Crippen LogP contribution is -2.40. The molecule has 0 bridgehead atoms. The van der Waals surface area contributed by atoms with Gasteiger partial charge in [0, 0.05) is 20.2 Å². The van der Waals surface area contributed by atoms with Gasteiger partial charge in [0.15, 0.2) is 5.96 Å². The summed E-state index contributed by atoms with van der Waals surface area (Å²) in [5.74, 6) is 1.03. The molecule has 0 saturated carbocycles. The lowest BCUT2D eigenvalue weighted by Gasteiger charge is -2.30. The van der Waals surface area contributed by atoms with Crippen LogP contribution in [-0.2, 0) is 4.74 Å². The molecule has 138 valence electrons. The zero-order chi connectivity index (χ0) is 18.2. The summed E-state index contributed by atoms with van der Waals surface area (Å²) in [5, 5.41) is 13.7. The van der Waals surface area contributed by atoms with Gasteiger partial charge in [-0.05, 0) is 42.5 Å². The van der Waals surface area contributed by atoms with E-state index in [0.29, 0.717) is 18.8 Å². The number of methoxy groups -OCH3 is 1. The van der Waals surface area contributed by atoms with E-state index in [-0.39, 0.29) is 5.75 Å². The number of rotatable bonds is 5. The first-order valence-electron chi connectivity index (χ1n) is 9.22. The van der Waals surface area contributed by atoms with Crippen LogP contribution in [0.3, 0.4) is 0 Å². The summed E-state index contributed by atoms with van der Waals surface area (Å²) >= 11 is 0. The van der Waals surface area contributed by atoms with Crippen LogP contribution in [0.5, 0.6) is 5.75 Å². The number of guanidine groups is 1. The highest BCUT2D eigenvalue weighted by Crippen LogP contribution is 2.30. The van der Waals surface area contributed by atoms with Gasteiger partial charge in [0.25, 0.3) is 0 Å². The number of hydrogen-bond donors (Lipinski definition) is 2. The molecule has 2 N–H and O–H groups in total. The van der Waals surface area contributed by atoms with Gasteiger partial charge >= 0.3 is 0 Å². The van der Waals surface area contributed by atoms with E-state index in [0.717, 1.165) is 30.2 Å². The number of aliphatic imine (C=N–C) groups is 1. The van der Waals surface area contributed by atoms with Gasteiger partial charge in [-0.2, -0.15) is 0 Å². The molecule has 1 aliphatic rings. The second kappa shape index (κ2) is 9.25. The maximum Gasteiger partial charge on any atom is 0.198 e. The van der Waals surface area contributed by atoms with Crippen LogP contribution in [0.15, 0.2) is 53.5 Å². The quantitative estimate of drug-likeness (QED) is 0.370. The minimum Gasteiger partial charge on any atom is -0.506 e. The maximum atomic E-state index is 10.3. The Balaban J connectivity index is 1.84. The molecule has 0 unspecified atom stereocenters. The third kappa shape index (κ3) is 4.76. The van der Waals surface area contributed by atoms with Crippen molar-refractivity contribution in [2.75, 3.05) is 38.7 Å². The standard InChI is InChI=1S/C21H27N3O2/c1-26-15-12-22-21(24-13-6-3-7-14-24)23-19-16-18(10-11-20(19)25)17-8-4-2-5-9-17/h2,4-5,8-11,16,25H,3,6-7,12-15H2,1H3,(H,22,23). The van der Waals surface area contributed by atoms with E-state index in [1.165, 1.54) is 19.3 Å². The highest BCUT2D eigenvalue weighted by Gasteiger charge is 2.16. The van der Waals surface area contributed by atoms with Gasteiger partial charge in [0.05, 0.1) is 18.8 Å². The minimum absolute atomic E-state index is 0.223. The average Bonchev–Trinajstić information content (AvgIpc) is 2.70. The topological polar surface area (TPSA) is 57.1 Å². The van der Waals surface area contributed by atoms with Gasteiger partial charge in [-0.25, -0.2) is 0 Å². The second-order valence-corrected chi connectivity index (χ2v) is 6.47. The Bertz CT molecular complexity index is 725. The molecule has 1 fully saturated rings. The molecule has 3 rings (SSSR count). The number of nitrogens with one attached hydrogen (secondary N) is 1. The van der Waals surface area contributed by atoms with Crippen molar-refractivity contribution in [2.45, 2.75) is 19.3 Å². The van der Waals surface area contributed by atoms with E-state index in [1.54, 1.807) is 13.2 Å². The molecule has 1 heterocycles. The zero-order valence-corrected chi connectivity index (χ0v) is 15.3. The number of likely N-dealkylation sites (tertiary alicyclic amines) is 1. The van der Waals surface area contributed by atoms with Crippen LogP contribution in [0.4, 0.5) is 5.69 Å². The average molecular weight is 353 g/mol. The second-order valence-electron chi connectivity index (χ2n) is 6.47. The van der Waals surface area contributed by atoms with Crippen LogP contribution in [0.1, 0.15) is 19.3 Å². The van der Waals surface area contributed by atoms with Gasteiger partial charge in [-0.1, -0.05) is 36.4 Å². The predicted octanol–water partition coefficient (Wildman–Crippen LogP) is 3.96. The first kappa shape index (κ1) is 18.3. The van der Waals surface area contributed by atoms with Gasteiger partial charge in [0.1, 0.15) is 5.75 Å². The molecule has 0 aliphatic carbocycles. The van der Waals surface area contributed by atoms with Crippen molar-refractivity contribution in [2.24, 2.45) is 4.99 Å². The van der Waals surface area contributed by atoms with Gasteiger partial charge in [-0.15, -0.1) is 0 Å². The summed E-state index contributed by atoms with van der Waals surface area (Å²) in [7, 11) is 1.68. The summed E-state index contributed by atoms with van der Waals surface area (Å²) in [5.41, 5.74) is 2.85. The minimum atomic E-state index is 0.223. The van der Waals surface area contributed by atoms with E-state index < -0.39 is 0 Å². The number of piperidine rings is 1. The van der Waals surface area contributed by atoms with Crippen LogP contribution < -0.4 is 5.32 Å². The zero-order valence-electron chi connectivity index (χ0n) is 15.3. The van der Waals surface area contributed by atoms with Crippen molar-refractivity contribution in [3.05, 3.63) is 48.5 Å². The molecule has 26 heavy (non-hydrogen) atoms. The Morgan fingerprint density at radius 2 is 1.85 bits per heavy atom. The highest BCUT2D eigenvalue weighted by molar-refractivity contribution is 5.95. The highest BCUT2D eigenvalue weighted by atomic mass is 16.5. The lowest BCUT2D eigenvalue weighted by molar-refractivity contribution is 0.207. The molecule has 2 aromatic rings. The number of anilines is 1. The Hall–Kier alpha value is -2.53. The molecular weight excluding hydrogens is 326 g/mol. The molecule has 0 atom stereocenters. The fraction of sp³-hybridized carbons (Fsp3) is 0.381. The summed E-state index contributed by atoms with van der Waals surface area (Å²) in [4.78, 5) is 6.93. The number of hydrogen-bond acceptors (Lipinski definition) is 3. The number of benzene rings is 2. The molecule has 0 aromatic heterocycles. The van der Waals surface area contributed by atoms with E-state index in [2.05, 4.69) is 27.3 Å². The number of phenols is 1. The molecule has 0 spiro atoms. The van der Waals surface area contributed by atoms with Crippen molar-refractivity contribution in [1.82, 2.24) is 4.90 Å². The molecule has 1 saturated heterocycles. The fourth-order valence-corrected chi connectivity index (χ4v) is 3.13. The van der Waals surface area contributed by atoms with Crippen molar-refractivity contribution < 1.29 is 9.84 Å². The third-order valence-corrected chi connectivity index (χ3v) is 4.56. The number of aromatic hydroxyl groups is 1. The third-order valence-electron chi connectivity index (χ3n) is 4.56. The van der Waals surface area contributed by atoms with Crippen molar-refractivity contribution in [1.29, 1.82) is 0 Å². The largest absolute Gasteiger partial charge is 0.506 e. The maximum absolute atomic E-state index is 10.3. The predicted molar refractivity (Wildman–Crippen MR) is 107 cm³/mol. The Labute approximate surface area is 155 Å². The SMILES string of the molecule is COCCN=C(Nc1cc(-c2ccccc2)ccc1O)N1CCCCC1. The number of nitrogens with zero attached hydrogens (tertiary/aromatic N) is 2. The molecule has 5 nitrogen and oxygen atoms in total. The van der Waals surface area contributed by atoms with Gasteiger partial charge < -0.3 is 20.1 Å². The number of phenolic OH excluding ortho intramolecular Hbond substituents is 1. The van der Waals surface area contributed by atoms with Crippen LogP contribution in [0.2, 0.25) is 0 Å². The Morgan fingerprint density at radius 3 is 2.58 bits per heavy atom. The first-order chi connectivity index (χ1) is 12.8. The lowest BCUT2D eigenvalue weighted by atomic mass is 10.0. The molecule has 2 aromatic carbocycles. The van der Waals surface area contributed by atoms with E-state index in [4.69, 9.17) is 4.74 Å². The van der Waals surface area contributed by atoms with Crippen molar-refractivity contribution in [3.63, 3.8) is 0 Å². The molecular formula is C21H27N3O2. The van der Waals surface area contributed by atoms with Crippen molar-refractivity contribution >= 4 is 11.6 Å². The summed E-state index contributed by atoms with van der Waals surface area (Å²) in [6.45, 7) is 3.14. The van der Waals surface area contributed by atoms with E-state index in [1.807, 2.05) is 30.3 Å². The normalized spacial score (nSPS) is 15.1. The first-order valence-corrected chi connectivity index (χ1v) is 9.22. The van der Waals surface area contributed by atoms with E-state index in [9.17, 15) is 5.11 Å². The number of ether oxygens (including phenoxy) is 1. The van der Waals surface area contributed by atoms with Crippen molar-refractivity contribution in [3.8, 4) is 16.9 Å². The summed E-state index contributed by atoms with van der Waals surface area (Å²) in [6, 6.07) is 15.8. The summed E-state index contributed by atoms with van der Waals surface area (Å²) < 4.78 is 5.13. The van der Waals surface area contributed by atoms with Crippen LogP contribution in [0, 0.1) is 0 Å². The van der Waals surface area contributed by atoms with E-state index >= 15 is 0 Å². The Kier molecular flexibility index (Phi) is 6.50.